The van der Waals surface area contributed by atoms with Crippen LogP contribution in [0, 0.1) is 10.8 Å². The number of hydrogen-bond acceptors (Lipinski definition) is 3. The fourth-order valence-corrected chi connectivity index (χ4v) is 3.16. The largest absolute Gasteiger partial charge is 0.384 e. The summed E-state index contributed by atoms with van der Waals surface area (Å²) < 4.78 is 0. The average molecular weight is 364 g/mol. The molecule has 27 heavy (non-hydrogen) atoms. The fraction of sp³-hybridized carbons (Fsp3) is 0.250. The molecule has 140 valence electrons. The smallest absolute Gasteiger partial charge is 0.320 e. The summed E-state index contributed by atoms with van der Waals surface area (Å²) in [6.07, 6.45) is 0.919. The molecule has 0 spiro atoms. The number of hydrogen-bond donors (Lipinski definition) is 4. The lowest BCUT2D eigenvalue weighted by Gasteiger charge is -2.35. The van der Waals surface area contributed by atoms with Gasteiger partial charge < -0.3 is 21.3 Å². The molecule has 1 heterocycles. The zero-order valence-corrected chi connectivity index (χ0v) is 15.1. The van der Waals surface area contributed by atoms with Crippen molar-refractivity contribution < 1.29 is 4.79 Å². The van der Waals surface area contributed by atoms with E-state index >= 15 is 0 Å². The van der Waals surface area contributed by atoms with Gasteiger partial charge in [0.2, 0.25) is 0 Å². The maximum absolute atomic E-state index is 12.8. The molecule has 7 nitrogen and oxygen atoms in total. The number of benzene rings is 2. The van der Waals surface area contributed by atoms with Gasteiger partial charge >= 0.3 is 6.03 Å². The van der Waals surface area contributed by atoms with Gasteiger partial charge in [0, 0.05) is 37.3 Å². The van der Waals surface area contributed by atoms with Crippen molar-refractivity contribution in [1.82, 2.24) is 9.80 Å². The lowest BCUT2D eigenvalue weighted by atomic mass is 10.1. The summed E-state index contributed by atoms with van der Waals surface area (Å²) in [5.74, 6) is 0.0788. The van der Waals surface area contributed by atoms with Crippen molar-refractivity contribution in [2.45, 2.75) is 19.5 Å². The number of nitrogens with two attached hydrogens (primary N) is 2. The van der Waals surface area contributed by atoms with Crippen LogP contribution in [-0.2, 0) is 13.1 Å². The van der Waals surface area contributed by atoms with Crippen LogP contribution in [0.3, 0.4) is 0 Å². The van der Waals surface area contributed by atoms with E-state index in [4.69, 9.17) is 22.3 Å². The Balaban J connectivity index is 1.64. The van der Waals surface area contributed by atoms with Crippen molar-refractivity contribution in [3.63, 3.8) is 0 Å². The molecule has 0 unspecified atom stereocenters. The van der Waals surface area contributed by atoms with Crippen LogP contribution in [0.5, 0.6) is 0 Å². The van der Waals surface area contributed by atoms with Gasteiger partial charge in [-0.15, -0.1) is 0 Å². The number of amides is 2. The van der Waals surface area contributed by atoms with E-state index in [1.807, 2.05) is 34.1 Å². The predicted octanol–water partition coefficient (Wildman–Crippen LogP) is 2.08. The Hall–Kier alpha value is -3.35. The van der Waals surface area contributed by atoms with Gasteiger partial charge in [0.05, 0.1) is 0 Å². The van der Waals surface area contributed by atoms with Gasteiger partial charge in [-0.05, 0) is 17.5 Å². The average Bonchev–Trinajstić information content (AvgIpc) is 2.66. The molecular formula is C20H24N6O. The third-order valence-electron chi connectivity index (χ3n) is 4.67. The standard InChI is InChI=1S/C20H24N6O/c21-18(22)16-6-2-14(3-7-16)12-25-10-1-11-26(20(25)27)13-15-4-8-17(9-5-15)19(23)24/h2-9H,1,10-13H2,(H3,21,22)(H3,23,24). The summed E-state index contributed by atoms with van der Waals surface area (Å²) >= 11 is 0. The molecule has 7 heteroatoms. The van der Waals surface area contributed by atoms with E-state index in [1.165, 1.54) is 0 Å². The van der Waals surface area contributed by atoms with Gasteiger partial charge in [-0.1, -0.05) is 48.5 Å². The van der Waals surface area contributed by atoms with Gasteiger partial charge in [-0.25, -0.2) is 4.79 Å². The number of carbonyl (C=O) groups excluding carboxylic acids is 1. The first-order valence-electron chi connectivity index (χ1n) is 8.84. The maximum Gasteiger partial charge on any atom is 0.320 e. The van der Waals surface area contributed by atoms with E-state index < -0.39 is 0 Å². The molecule has 1 saturated heterocycles. The first-order chi connectivity index (χ1) is 12.9. The zero-order chi connectivity index (χ0) is 19.4. The van der Waals surface area contributed by atoms with Gasteiger partial charge in [-0.3, -0.25) is 10.8 Å². The lowest BCUT2D eigenvalue weighted by molar-refractivity contribution is 0.123. The topological polar surface area (TPSA) is 123 Å². The van der Waals surface area contributed by atoms with Crippen LogP contribution in [0.15, 0.2) is 48.5 Å². The number of nitrogen functional groups attached to an aromatic ring is 2. The molecule has 0 aromatic heterocycles. The van der Waals surface area contributed by atoms with Crippen LogP contribution in [0.2, 0.25) is 0 Å². The molecule has 2 aromatic rings. The Bertz CT molecular complexity index is 774. The van der Waals surface area contributed by atoms with Gasteiger partial charge in [0.25, 0.3) is 0 Å². The van der Waals surface area contributed by atoms with Crippen LogP contribution in [0.4, 0.5) is 4.79 Å². The number of nitrogens with zero attached hydrogens (tertiary/aromatic N) is 2. The van der Waals surface area contributed by atoms with Crippen molar-refractivity contribution in [2.24, 2.45) is 11.5 Å². The third-order valence-corrected chi connectivity index (χ3v) is 4.67. The maximum atomic E-state index is 12.8. The summed E-state index contributed by atoms with van der Waals surface area (Å²) in [4.78, 5) is 16.5. The van der Waals surface area contributed by atoms with Gasteiger partial charge in [0.1, 0.15) is 11.7 Å². The predicted molar refractivity (Wildman–Crippen MR) is 106 cm³/mol. The third kappa shape index (κ3) is 4.44. The van der Waals surface area contributed by atoms with Crippen LogP contribution >= 0.6 is 0 Å². The van der Waals surface area contributed by atoms with E-state index in [0.717, 1.165) is 30.6 Å². The molecule has 2 aromatic carbocycles. The van der Waals surface area contributed by atoms with E-state index in [-0.39, 0.29) is 17.7 Å². The molecule has 0 atom stereocenters. The Labute approximate surface area is 158 Å². The highest BCUT2D eigenvalue weighted by atomic mass is 16.2. The summed E-state index contributed by atoms with van der Waals surface area (Å²) in [5.41, 5.74) is 14.4. The molecule has 1 fully saturated rings. The lowest BCUT2D eigenvalue weighted by Crippen LogP contribution is -2.48. The minimum Gasteiger partial charge on any atom is -0.384 e. The highest BCUT2D eigenvalue weighted by Gasteiger charge is 2.25. The molecule has 0 aliphatic carbocycles. The number of nitrogens with one attached hydrogen (secondary N) is 2. The Kier molecular flexibility index (Phi) is 5.40. The van der Waals surface area contributed by atoms with E-state index in [0.29, 0.717) is 24.2 Å². The number of amidine groups is 2. The number of rotatable bonds is 6. The fourth-order valence-electron chi connectivity index (χ4n) is 3.16. The van der Waals surface area contributed by atoms with Gasteiger partial charge in [-0.2, -0.15) is 0 Å². The van der Waals surface area contributed by atoms with Crippen LogP contribution < -0.4 is 11.5 Å². The molecule has 1 aliphatic heterocycles. The van der Waals surface area contributed by atoms with Crippen LogP contribution in [-0.4, -0.2) is 40.6 Å². The molecule has 0 saturated carbocycles. The van der Waals surface area contributed by atoms with Crippen molar-refractivity contribution in [3.05, 3.63) is 70.8 Å². The van der Waals surface area contributed by atoms with Crippen LogP contribution in [0.1, 0.15) is 28.7 Å². The molecule has 3 rings (SSSR count). The van der Waals surface area contributed by atoms with E-state index in [1.54, 1.807) is 24.3 Å². The highest BCUT2D eigenvalue weighted by Crippen LogP contribution is 2.17. The molecule has 6 N–H and O–H groups in total. The second-order valence-electron chi connectivity index (χ2n) is 6.70. The number of carbonyl (C=O) groups is 1. The highest BCUT2D eigenvalue weighted by molar-refractivity contribution is 5.95. The van der Waals surface area contributed by atoms with Crippen molar-refractivity contribution in [2.75, 3.05) is 13.1 Å². The SMILES string of the molecule is N=C(N)c1ccc(CN2CCCN(Cc3ccc(C(=N)N)cc3)C2=O)cc1. The van der Waals surface area contributed by atoms with Gasteiger partial charge in [0.15, 0.2) is 0 Å². The van der Waals surface area contributed by atoms with Crippen molar-refractivity contribution >= 4 is 17.7 Å². The molecule has 0 radical (unpaired) electrons. The first kappa shape index (κ1) is 18.4. The first-order valence-corrected chi connectivity index (χ1v) is 8.84. The zero-order valence-electron chi connectivity index (χ0n) is 15.1. The summed E-state index contributed by atoms with van der Waals surface area (Å²) in [6, 6.07) is 14.9. The molecule has 0 bridgehead atoms. The number of urea groups is 1. The molecule has 2 amide bonds. The summed E-state index contributed by atoms with van der Waals surface area (Å²) in [5, 5.41) is 14.9. The normalized spacial score (nSPS) is 14.3. The molecular weight excluding hydrogens is 340 g/mol. The second-order valence-corrected chi connectivity index (χ2v) is 6.70. The minimum absolute atomic E-state index is 0.0209. The van der Waals surface area contributed by atoms with Crippen molar-refractivity contribution in [1.29, 1.82) is 10.8 Å². The monoisotopic (exact) mass is 364 g/mol. The Morgan fingerprint density at radius 1 is 0.778 bits per heavy atom. The Morgan fingerprint density at radius 2 is 1.15 bits per heavy atom. The second kappa shape index (κ2) is 7.90. The van der Waals surface area contributed by atoms with Crippen LogP contribution in [0.25, 0.3) is 0 Å². The Morgan fingerprint density at radius 3 is 1.48 bits per heavy atom. The van der Waals surface area contributed by atoms with Crippen molar-refractivity contribution in [3.8, 4) is 0 Å². The summed E-state index contributed by atoms with van der Waals surface area (Å²) in [6.45, 7) is 2.54. The van der Waals surface area contributed by atoms with E-state index in [2.05, 4.69) is 0 Å². The molecule has 1 aliphatic rings. The van der Waals surface area contributed by atoms with E-state index in [9.17, 15) is 4.79 Å². The minimum atomic E-state index is 0.0209. The summed E-state index contributed by atoms with van der Waals surface area (Å²) in [7, 11) is 0. The quantitative estimate of drug-likeness (QED) is 0.463.